The number of piperidine rings is 2. The Labute approximate surface area is 511 Å². The van der Waals surface area contributed by atoms with Crippen LogP contribution in [0.4, 0.5) is 0 Å². The maximum Gasteiger partial charge on any atom is 0.311 e. The molecule has 2 aromatic rings. The van der Waals surface area contributed by atoms with E-state index in [9.17, 15) is 19.2 Å². The molecule has 2 aliphatic rings. The smallest absolute Gasteiger partial charge is 0.311 e. The van der Waals surface area contributed by atoms with Crippen LogP contribution in [0.3, 0.4) is 0 Å². The zero-order valence-electron chi connectivity index (χ0n) is 51.8. The van der Waals surface area contributed by atoms with E-state index < -0.39 is 0 Å². The highest BCUT2D eigenvalue weighted by molar-refractivity contribution is 7.80. The Hall–Kier alpha value is -3.58. The fourth-order valence-corrected chi connectivity index (χ4v) is 11.6. The SMILES string of the molecule is CCCCCCCC/C=C\CCCCCCCC(=O)Oc1ccc(CC(=O)NCCC2CCN(CCS)CC2)cc1.CCCCCCCC/C=C\CCCCCCCC(=O)Oc1ccc(CC(=O)NCCC2CCN(CCS)CC2)cc1. The van der Waals surface area contributed by atoms with Crippen LogP contribution in [0.25, 0.3) is 0 Å². The van der Waals surface area contributed by atoms with Gasteiger partial charge in [0.05, 0.1) is 12.8 Å². The van der Waals surface area contributed by atoms with Crippen molar-refractivity contribution in [3.8, 4) is 11.5 Å². The molecule has 82 heavy (non-hydrogen) atoms. The van der Waals surface area contributed by atoms with Gasteiger partial charge in [0, 0.05) is 50.5 Å². The summed E-state index contributed by atoms with van der Waals surface area (Å²) in [5, 5.41) is 6.14. The van der Waals surface area contributed by atoms with Crippen molar-refractivity contribution in [2.45, 2.75) is 245 Å². The summed E-state index contributed by atoms with van der Waals surface area (Å²) >= 11 is 8.64. The first-order valence-corrected chi connectivity index (χ1v) is 34.6. The quantitative estimate of drug-likeness (QED) is 0.0170. The first-order valence-electron chi connectivity index (χ1n) is 33.3. The van der Waals surface area contributed by atoms with Crippen LogP contribution in [0.5, 0.6) is 11.5 Å². The second-order valence-electron chi connectivity index (χ2n) is 23.6. The van der Waals surface area contributed by atoms with E-state index in [0.29, 0.717) is 49.0 Å². The molecule has 0 aliphatic carbocycles. The van der Waals surface area contributed by atoms with Gasteiger partial charge in [-0.25, -0.2) is 0 Å². The average Bonchev–Trinajstić information content (AvgIpc) is 3.48. The number of carbonyl (C=O) groups is 4. The number of allylic oxidation sites excluding steroid dienone is 4. The molecule has 2 amide bonds. The molecule has 4 rings (SSSR count). The normalized spacial score (nSPS) is 14.5. The number of nitrogens with one attached hydrogen (secondary N) is 2. The van der Waals surface area contributed by atoms with Gasteiger partial charge in [0.15, 0.2) is 0 Å². The van der Waals surface area contributed by atoms with Crippen LogP contribution in [-0.2, 0) is 32.0 Å². The van der Waals surface area contributed by atoms with E-state index >= 15 is 0 Å². The zero-order chi connectivity index (χ0) is 58.8. The van der Waals surface area contributed by atoms with Gasteiger partial charge in [-0.2, -0.15) is 25.3 Å². The van der Waals surface area contributed by atoms with Crippen LogP contribution in [0.15, 0.2) is 72.8 Å². The summed E-state index contributed by atoms with van der Waals surface area (Å²) in [6.45, 7) is 12.7. The lowest BCUT2D eigenvalue weighted by atomic mass is 9.93. The Morgan fingerprint density at radius 3 is 1.07 bits per heavy atom. The van der Waals surface area contributed by atoms with Crippen LogP contribution < -0.4 is 20.1 Å². The Kier molecular flexibility index (Phi) is 45.0. The molecule has 2 aliphatic heterocycles. The molecular formula is C70H116N4O6S2. The van der Waals surface area contributed by atoms with Gasteiger partial charge < -0.3 is 29.9 Å². The maximum absolute atomic E-state index is 12.4. The summed E-state index contributed by atoms with van der Waals surface area (Å²) in [6, 6.07) is 14.7. The van der Waals surface area contributed by atoms with E-state index in [1.54, 1.807) is 24.3 Å². The van der Waals surface area contributed by atoms with Crippen molar-refractivity contribution in [2.24, 2.45) is 11.8 Å². The van der Waals surface area contributed by atoms with Crippen molar-refractivity contribution in [3.05, 3.63) is 84.0 Å². The summed E-state index contributed by atoms with van der Waals surface area (Å²) in [5.74, 6) is 4.09. The number of nitrogens with zero attached hydrogens (tertiary/aromatic N) is 2. The van der Waals surface area contributed by atoms with E-state index in [1.165, 1.54) is 167 Å². The fraction of sp³-hybridized carbons (Fsp3) is 0.714. The van der Waals surface area contributed by atoms with E-state index in [4.69, 9.17) is 9.47 Å². The number of ether oxygens (including phenoxy) is 2. The molecule has 10 nitrogen and oxygen atoms in total. The van der Waals surface area contributed by atoms with Gasteiger partial charge in [0.25, 0.3) is 0 Å². The molecular weight excluding hydrogens is 1060 g/mol. The molecule has 2 N–H and O–H groups in total. The first-order chi connectivity index (χ1) is 40.2. The van der Waals surface area contributed by atoms with Crippen LogP contribution in [0, 0.1) is 11.8 Å². The molecule has 2 saturated heterocycles. The van der Waals surface area contributed by atoms with Crippen LogP contribution >= 0.6 is 25.3 Å². The van der Waals surface area contributed by atoms with Gasteiger partial charge in [-0.15, -0.1) is 0 Å². The standard InChI is InChI=1S/2C35H58N2O3S/c2*1-2-3-4-5-6-7-8-9-10-11-12-13-14-15-16-17-35(39)40-33-20-18-32(19-21-33)30-34(38)36-25-22-31-23-26-37(27-24-31)28-29-41/h2*9-10,18-21,31,41H,2-8,11-17,22-30H2,1H3,(H,36,38)/b2*10-9-. The molecule has 2 heterocycles. The summed E-state index contributed by atoms with van der Waals surface area (Å²) in [5.41, 5.74) is 1.86. The molecule has 12 heteroatoms. The molecule has 0 saturated carbocycles. The average molecular weight is 1170 g/mol. The topological polar surface area (TPSA) is 117 Å². The third-order valence-electron chi connectivity index (χ3n) is 16.3. The molecule has 0 aromatic heterocycles. The first kappa shape index (κ1) is 72.7. The number of benzene rings is 2. The minimum atomic E-state index is -0.176. The van der Waals surface area contributed by atoms with E-state index in [0.717, 1.165) is 114 Å². The van der Waals surface area contributed by atoms with Crippen LogP contribution in [0.1, 0.15) is 243 Å². The molecule has 0 bridgehead atoms. The van der Waals surface area contributed by atoms with Crippen molar-refractivity contribution < 1.29 is 28.7 Å². The maximum atomic E-state index is 12.4. The van der Waals surface area contributed by atoms with E-state index in [-0.39, 0.29) is 23.8 Å². The predicted molar refractivity (Wildman–Crippen MR) is 352 cm³/mol. The van der Waals surface area contributed by atoms with Crippen LogP contribution in [0.2, 0.25) is 0 Å². The third kappa shape index (κ3) is 39.9. The Balaban J connectivity index is 0.000000430. The van der Waals surface area contributed by atoms with Crippen LogP contribution in [-0.4, -0.2) is 97.4 Å². The number of likely N-dealkylation sites (tertiary alicyclic amines) is 2. The monoisotopic (exact) mass is 1170 g/mol. The van der Waals surface area contributed by atoms with Gasteiger partial charge in [-0.05, 0) is 176 Å². The zero-order valence-corrected chi connectivity index (χ0v) is 53.6. The minimum Gasteiger partial charge on any atom is -0.427 e. The lowest BCUT2D eigenvalue weighted by Crippen LogP contribution is -2.36. The summed E-state index contributed by atoms with van der Waals surface area (Å²) in [7, 11) is 0. The number of esters is 2. The van der Waals surface area contributed by atoms with Gasteiger partial charge >= 0.3 is 11.9 Å². The minimum absolute atomic E-state index is 0.0476. The van der Waals surface area contributed by atoms with Crippen molar-refractivity contribution in [1.82, 2.24) is 20.4 Å². The highest BCUT2D eigenvalue weighted by Crippen LogP contribution is 2.22. The van der Waals surface area contributed by atoms with Gasteiger partial charge in [0.2, 0.25) is 11.8 Å². The van der Waals surface area contributed by atoms with E-state index in [2.05, 4.69) is 83.8 Å². The number of hydrogen-bond acceptors (Lipinski definition) is 10. The lowest BCUT2D eigenvalue weighted by molar-refractivity contribution is -0.135. The van der Waals surface area contributed by atoms with Crippen molar-refractivity contribution in [1.29, 1.82) is 0 Å². The van der Waals surface area contributed by atoms with Crippen molar-refractivity contribution >= 4 is 49.0 Å². The van der Waals surface area contributed by atoms with Gasteiger partial charge in [-0.1, -0.05) is 165 Å². The second-order valence-corrected chi connectivity index (χ2v) is 24.4. The number of carbonyl (C=O) groups excluding carboxylic acids is 4. The highest BCUT2D eigenvalue weighted by Gasteiger charge is 2.20. The number of thiol groups is 2. The number of unbranched alkanes of at least 4 members (excludes halogenated alkanes) is 22. The summed E-state index contributed by atoms with van der Waals surface area (Å²) < 4.78 is 11.0. The summed E-state index contributed by atoms with van der Waals surface area (Å²) in [6.07, 6.45) is 50.2. The summed E-state index contributed by atoms with van der Waals surface area (Å²) in [4.78, 5) is 54.1. The van der Waals surface area contributed by atoms with Gasteiger partial charge in [-0.3, -0.25) is 19.2 Å². The Bertz CT molecular complexity index is 1810. The molecule has 0 unspecified atom stereocenters. The number of hydrogen-bond donors (Lipinski definition) is 4. The Morgan fingerprint density at radius 2 is 0.756 bits per heavy atom. The molecule has 0 radical (unpaired) electrons. The number of amides is 2. The fourth-order valence-electron chi connectivity index (χ4n) is 11.0. The Morgan fingerprint density at radius 1 is 0.451 bits per heavy atom. The highest BCUT2D eigenvalue weighted by atomic mass is 32.1. The lowest BCUT2D eigenvalue weighted by Gasteiger charge is -2.31. The molecule has 0 atom stereocenters. The predicted octanol–water partition coefficient (Wildman–Crippen LogP) is 16.6. The molecule has 2 aromatic carbocycles. The number of rotatable bonds is 46. The molecule has 2 fully saturated rings. The van der Waals surface area contributed by atoms with Crippen molar-refractivity contribution in [3.63, 3.8) is 0 Å². The second kappa shape index (κ2) is 50.7. The third-order valence-corrected chi connectivity index (χ3v) is 16.7. The largest absolute Gasteiger partial charge is 0.427 e. The molecule has 464 valence electrons. The van der Waals surface area contributed by atoms with E-state index in [1.807, 2.05) is 24.3 Å². The van der Waals surface area contributed by atoms with Crippen molar-refractivity contribution in [2.75, 3.05) is 63.9 Å². The van der Waals surface area contributed by atoms with Gasteiger partial charge in [0.1, 0.15) is 11.5 Å². The molecule has 0 spiro atoms.